The van der Waals surface area contributed by atoms with Gasteiger partial charge in [-0.05, 0) is 47.0 Å². The summed E-state index contributed by atoms with van der Waals surface area (Å²) < 4.78 is 6.74. The molecule has 0 saturated carbocycles. The van der Waals surface area contributed by atoms with Gasteiger partial charge in [0.15, 0.2) is 0 Å². The molecule has 2 aromatic rings. The molecule has 1 saturated heterocycles. The third-order valence-corrected chi connectivity index (χ3v) is 4.00. The van der Waals surface area contributed by atoms with Gasteiger partial charge in [0.2, 0.25) is 0 Å². The van der Waals surface area contributed by atoms with Gasteiger partial charge in [-0.1, -0.05) is 0 Å². The van der Waals surface area contributed by atoms with Crippen molar-refractivity contribution in [3.05, 3.63) is 53.0 Å². The maximum Gasteiger partial charge on any atom is 0.255 e. The molecule has 0 radical (unpaired) electrons. The lowest BCUT2D eigenvalue weighted by molar-refractivity contribution is 0.0537. The fraction of sp³-hybridized carbons (Fsp3) is 0.312. The minimum Gasteiger partial charge on any atom is -0.488 e. The number of piperidine rings is 1. The van der Waals surface area contributed by atoms with E-state index in [2.05, 4.69) is 25.9 Å². The summed E-state index contributed by atoms with van der Waals surface area (Å²) >= 11 is 3.35. The molecule has 114 valence electrons. The molecule has 3 rings (SSSR count). The van der Waals surface area contributed by atoms with Crippen LogP contribution in [0.5, 0.6) is 5.75 Å². The largest absolute Gasteiger partial charge is 0.488 e. The third-order valence-electron chi connectivity index (χ3n) is 3.57. The zero-order valence-corrected chi connectivity index (χ0v) is 13.6. The number of hydrogen-bond donors (Lipinski definition) is 0. The number of rotatable bonds is 3. The highest BCUT2D eigenvalue weighted by Crippen LogP contribution is 2.20. The van der Waals surface area contributed by atoms with Crippen LogP contribution in [0.3, 0.4) is 0 Å². The van der Waals surface area contributed by atoms with Crippen LogP contribution in [-0.2, 0) is 0 Å². The molecule has 0 N–H and O–H groups in total. The molecule has 1 aliphatic heterocycles. The van der Waals surface area contributed by atoms with Crippen LogP contribution >= 0.6 is 15.9 Å². The van der Waals surface area contributed by atoms with Crippen molar-refractivity contribution in [1.82, 2.24) is 14.9 Å². The van der Waals surface area contributed by atoms with Crippen LogP contribution in [0.1, 0.15) is 23.2 Å². The van der Waals surface area contributed by atoms with E-state index < -0.39 is 0 Å². The Morgan fingerprint density at radius 2 is 2.09 bits per heavy atom. The first kappa shape index (κ1) is 15.0. The molecule has 22 heavy (non-hydrogen) atoms. The summed E-state index contributed by atoms with van der Waals surface area (Å²) in [4.78, 5) is 22.4. The average Bonchev–Trinajstić information content (AvgIpc) is 2.55. The Morgan fingerprint density at radius 1 is 1.27 bits per heavy atom. The van der Waals surface area contributed by atoms with Crippen molar-refractivity contribution in [2.45, 2.75) is 18.9 Å². The van der Waals surface area contributed by atoms with Gasteiger partial charge in [-0.15, -0.1) is 0 Å². The molecule has 1 atom stereocenters. The normalized spacial score (nSPS) is 18.0. The smallest absolute Gasteiger partial charge is 0.255 e. The van der Waals surface area contributed by atoms with Gasteiger partial charge in [0.25, 0.3) is 5.91 Å². The van der Waals surface area contributed by atoms with E-state index in [1.807, 2.05) is 17.0 Å². The average molecular weight is 362 g/mol. The quantitative estimate of drug-likeness (QED) is 0.843. The molecule has 6 heteroatoms. The van der Waals surface area contributed by atoms with E-state index in [0.29, 0.717) is 12.1 Å². The molecule has 0 aliphatic carbocycles. The zero-order valence-electron chi connectivity index (χ0n) is 12.0. The van der Waals surface area contributed by atoms with Gasteiger partial charge in [-0.25, -0.2) is 0 Å². The molecule has 5 nitrogen and oxygen atoms in total. The number of pyridine rings is 2. The number of nitrogens with zero attached hydrogens (tertiary/aromatic N) is 3. The number of carbonyl (C=O) groups excluding carboxylic acids is 1. The van der Waals surface area contributed by atoms with Gasteiger partial charge in [0.05, 0.1) is 12.1 Å². The van der Waals surface area contributed by atoms with Crippen molar-refractivity contribution in [3.8, 4) is 5.75 Å². The van der Waals surface area contributed by atoms with E-state index in [9.17, 15) is 4.79 Å². The second-order valence-electron chi connectivity index (χ2n) is 5.21. The highest BCUT2D eigenvalue weighted by molar-refractivity contribution is 9.10. The summed E-state index contributed by atoms with van der Waals surface area (Å²) in [6, 6.07) is 5.46. The van der Waals surface area contributed by atoms with Crippen molar-refractivity contribution in [2.24, 2.45) is 0 Å². The molecule has 1 amide bonds. The Kier molecular flexibility index (Phi) is 4.68. The van der Waals surface area contributed by atoms with Crippen LogP contribution in [0.2, 0.25) is 0 Å². The SMILES string of the molecule is O=C(c1cncc(Br)c1)N1CCCC(Oc2ccncc2)C1. The van der Waals surface area contributed by atoms with Crippen LogP contribution in [0.25, 0.3) is 0 Å². The maximum absolute atomic E-state index is 12.5. The zero-order chi connectivity index (χ0) is 15.4. The van der Waals surface area contributed by atoms with Crippen LogP contribution in [-0.4, -0.2) is 40.0 Å². The highest BCUT2D eigenvalue weighted by Gasteiger charge is 2.25. The molecular formula is C16H16BrN3O2. The third kappa shape index (κ3) is 3.62. The molecule has 1 unspecified atom stereocenters. The van der Waals surface area contributed by atoms with Gasteiger partial charge in [-0.2, -0.15) is 0 Å². The van der Waals surface area contributed by atoms with Crippen molar-refractivity contribution >= 4 is 21.8 Å². The lowest BCUT2D eigenvalue weighted by Crippen LogP contribution is -2.44. The Hall–Kier alpha value is -1.95. The molecule has 1 aliphatic rings. The monoisotopic (exact) mass is 361 g/mol. The molecule has 1 fully saturated rings. The Bertz CT molecular complexity index is 651. The van der Waals surface area contributed by atoms with E-state index in [0.717, 1.165) is 29.6 Å². The van der Waals surface area contributed by atoms with Crippen LogP contribution < -0.4 is 4.74 Å². The Morgan fingerprint density at radius 3 is 2.86 bits per heavy atom. The van der Waals surface area contributed by atoms with Crippen molar-refractivity contribution in [3.63, 3.8) is 0 Å². The Balaban J connectivity index is 1.66. The van der Waals surface area contributed by atoms with E-state index in [4.69, 9.17) is 4.74 Å². The lowest BCUT2D eigenvalue weighted by Gasteiger charge is -2.33. The molecule has 0 bridgehead atoms. The summed E-state index contributed by atoms with van der Waals surface area (Å²) in [6.45, 7) is 1.34. The van der Waals surface area contributed by atoms with E-state index >= 15 is 0 Å². The predicted molar refractivity (Wildman–Crippen MR) is 85.7 cm³/mol. The van der Waals surface area contributed by atoms with E-state index in [-0.39, 0.29) is 12.0 Å². The van der Waals surface area contributed by atoms with Crippen molar-refractivity contribution < 1.29 is 9.53 Å². The van der Waals surface area contributed by atoms with Gasteiger partial charge < -0.3 is 9.64 Å². The number of likely N-dealkylation sites (tertiary alicyclic amines) is 1. The molecule has 2 aromatic heterocycles. The Labute approximate surface area is 137 Å². The first-order valence-electron chi connectivity index (χ1n) is 7.19. The number of aromatic nitrogens is 2. The summed E-state index contributed by atoms with van der Waals surface area (Å²) in [6.07, 6.45) is 8.57. The number of ether oxygens (including phenoxy) is 1. The number of halogens is 1. The predicted octanol–water partition coefficient (Wildman–Crippen LogP) is 2.92. The van der Waals surface area contributed by atoms with Gasteiger partial charge in [-0.3, -0.25) is 14.8 Å². The minimum absolute atomic E-state index is 0.00294. The standard InChI is InChI=1S/C16H16BrN3O2/c17-13-8-12(9-19-10-13)16(21)20-7-1-2-15(11-20)22-14-3-5-18-6-4-14/h3-6,8-10,15H,1-2,7,11H2. The molecule has 0 aromatic carbocycles. The summed E-state index contributed by atoms with van der Waals surface area (Å²) in [5, 5.41) is 0. The highest BCUT2D eigenvalue weighted by atomic mass is 79.9. The summed E-state index contributed by atoms with van der Waals surface area (Å²) in [7, 11) is 0. The first-order valence-corrected chi connectivity index (χ1v) is 7.98. The number of hydrogen-bond acceptors (Lipinski definition) is 4. The van der Waals surface area contributed by atoms with Crippen molar-refractivity contribution in [1.29, 1.82) is 0 Å². The van der Waals surface area contributed by atoms with Crippen LogP contribution in [0, 0.1) is 0 Å². The summed E-state index contributed by atoms with van der Waals surface area (Å²) in [5.74, 6) is 0.787. The minimum atomic E-state index is -0.00294. The lowest BCUT2D eigenvalue weighted by atomic mass is 10.1. The van der Waals surface area contributed by atoms with Gasteiger partial charge in [0.1, 0.15) is 11.9 Å². The molecule has 3 heterocycles. The van der Waals surface area contributed by atoms with Gasteiger partial charge >= 0.3 is 0 Å². The molecular weight excluding hydrogens is 346 g/mol. The summed E-state index contributed by atoms with van der Waals surface area (Å²) in [5.41, 5.74) is 0.596. The number of carbonyl (C=O) groups is 1. The van der Waals surface area contributed by atoms with Gasteiger partial charge in [0, 0.05) is 35.8 Å². The van der Waals surface area contributed by atoms with Crippen LogP contribution in [0.4, 0.5) is 0 Å². The maximum atomic E-state index is 12.5. The first-order chi connectivity index (χ1) is 10.7. The number of amides is 1. The van der Waals surface area contributed by atoms with Crippen LogP contribution in [0.15, 0.2) is 47.5 Å². The van der Waals surface area contributed by atoms with E-state index in [1.165, 1.54) is 0 Å². The fourth-order valence-corrected chi connectivity index (χ4v) is 2.90. The fourth-order valence-electron chi connectivity index (χ4n) is 2.54. The van der Waals surface area contributed by atoms with E-state index in [1.54, 1.807) is 30.9 Å². The molecule has 0 spiro atoms. The second kappa shape index (κ2) is 6.87. The second-order valence-corrected chi connectivity index (χ2v) is 6.12. The van der Waals surface area contributed by atoms with Crippen molar-refractivity contribution in [2.75, 3.05) is 13.1 Å². The topological polar surface area (TPSA) is 55.3 Å².